The average molecular weight is 287 g/mol. The molecule has 1 amide bonds. The molecule has 1 aliphatic rings. The van der Waals surface area contributed by atoms with Gasteiger partial charge >= 0.3 is 0 Å². The Morgan fingerprint density at radius 2 is 2.32 bits per heavy atom. The predicted molar refractivity (Wildman–Crippen MR) is 75.8 cm³/mol. The number of nitrogens with two attached hydrogens (primary N) is 1. The van der Waals surface area contributed by atoms with Gasteiger partial charge < -0.3 is 11.1 Å². The van der Waals surface area contributed by atoms with Crippen molar-refractivity contribution in [3.05, 3.63) is 35.6 Å². The molecule has 1 aliphatic carbocycles. The second kappa shape index (κ2) is 6.87. The third-order valence-electron chi connectivity index (χ3n) is 3.24. The van der Waals surface area contributed by atoms with E-state index in [-0.39, 0.29) is 42.1 Å². The van der Waals surface area contributed by atoms with Crippen LogP contribution in [0.25, 0.3) is 0 Å². The predicted octanol–water partition coefficient (Wildman–Crippen LogP) is 2.35. The molecule has 1 aromatic rings. The highest BCUT2D eigenvalue weighted by atomic mass is 35.5. The zero-order valence-corrected chi connectivity index (χ0v) is 11.8. The van der Waals surface area contributed by atoms with Crippen LogP contribution in [0.1, 0.15) is 37.7 Å². The first-order chi connectivity index (χ1) is 8.56. The summed E-state index contributed by atoms with van der Waals surface area (Å²) in [5.41, 5.74) is 6.57. The lowest BCUT2D eigenvalue weighted by Gasteiger charge is -2.06. The lowest BCUT2D eigenvalue weighted by Crippen LogP contribution is -2.28. The van der Waals surface area contributed by atoms with Gasteiger partial charge in [-0.2, -0.15) is 0 Å². The summed E-state index contributed by atoms with van der Waals surface area (Å²) in [6, 6.07) is 6.79. The van der Waals surface area contributed by atoms with Crippen molar-refractivity contribution >= 4 is 18.3 Å². The highest BCUT2D eigenvalue weighted by molar-refractivity contribution is 5.85. The summed E-state index contributed by atoms with van der Waals surface area (Å²) in [5.74, 6) is 0.0811. The van der Waals surface area contributed by atoms with Crippen molar-refractivity contribution in [2.45, 2.75) is 44.2 Å². The molecule has 0 radical (unpaired) electrons. The Labute approximate surface area is 119 Å². The normalized spacial score (nSPS) is 22.3. The molecule has 0 heterocycles. The molecule has 0 aromatic heterocycles. The zero-order valence-electron chi connectivity index (χ0n) is 10.9. The molecule has 3 unspecified atom stereocenters. The first-order valence-electron chi connectivity index (χ1n) is 6.36. The molecule has 3 N–H and O–H groups in total. The van der Waals surface area contributed by atoms with Crippen molar-refractivity contribution in [2.75, 3.05) is 0 Å². The lowest BCUT2D eigenvalue weighted by molar-refractivity contribution is -0.121. The fraction of sp³-hybridized carbons (Fsp3) is 0.500. The molecular formula is C14H20ClFN2O. The molecule has 5 heteroatoms. The topological polar surface area (TPSA) is 55.1 Å². The van der Waals surface area contributed by atoms with Crippen LogP contribution in [-0.2, 0) is 4.79 Å². The van der Waals surface area contributed by atoms with Crippen LogP contribution in [0.5, 0.6) is 0 Å². The monoisotopic (exact) mass is 286 g/mol. The van der Waals surface area contributed by atoms with Crippen molar-refractivity contribution < 1.29 is 9.18 Å². The van der Waals surface area contributed by atoms with Crippen LogP contribution >= 0.6 is 12.4 Å². The molecule has 3 nitrogen and oxygen atoms in total. The fourth-order valence-corrected chi connectivity index (χ4v) is 2.10. The SMILES string of the molecule is CC(N)CCC(=O)NC1CC1c1cccc(F)c1.Cl. The Morgan fingerprint density at radius 3 is 2.95 bits per heavy atom. The van der Waals surface area contributed by atoms with Crippen LogP contribution in [0.15, 0.2) is 24.3 Å². The highest BCUT2D eigenvalue weighted by Crippen LogP contribution is 2.40. The number of carbonyl (C=O) groups is 1. The van der Waals surface area contributed by atoms with E-state index in [4.69, 9.17) is 5.73 Å². The summed E-state index contributed by atoms with van der Waals surface area (Å²) in [4.78, 5) is 11.6. The van der Waals surface area contributed by atoms with E-state index in [1.165, 1.54) is 6.07 Å². The zero-order chi connectivity index (χ0) is 13.1. The van der Waals surface area contributed by atoms with Crippen molar-refractivity contribution in [3.63, 3.8) is 0 Å². The first kappa shape index (κ1) is 15.9. The van der Waals surface area contributed by atoms with Crippen LogP contribution in [0, 0.1) is 5.82 Å². The quantitative estimate of drug-likeness (QED) is 0.873. The number of rotatable bonds is 5. The smallest absolute Gasteiger partial charge is 0.220 e. The van der Waals surface area contributed by atoms with Gasteiger partial charge in [-0.05, 0) is 37.5 Å². The van der Waals surface area contributed by atoms with Gasteiger partial charge in [0.25, 0.3) is 0 Å². The maximum absolute atomic E-state index is 13.1. The number of nitrogens with one attached hydrogen (secondary N) is 1. The second-order valence-electron chi connectivity index (χ2n) is 5.09. The Kier molecular flexibility index (Phi) is 5.76. The highest BCUT2D eigenvalue weighted by Gasteiger charge is 2.39. The maximum Gasteiger partial charge on any atom is 0.220 e. The molecule has 0 aliphatic heterocycles. The molecule has 0 spiro atoms. The van der Waals surface area contributed by atoms with Gasteiger partial charge in [0.15, 0.2) is 0 Å². The van der Waals surface area contributed by atoms with E-state index in [2.05, 4.69) is 5.32 Å². The third-order valence-corrected chi connectivity index (χ3v) is 3.24. The summed E-state index contributed by atoms with van der Waals surface area (Å²) in [6.07, 6.45) is 2.06. The summed E-state index contributed by atoms with van der Waals surface area (Å²) in [7, 11) is 0. The van der Waals surface area contributed by atoms with Crippen LogP contribution in [-0.4, -0.2) is 18.0 Å². The summed E-state index contributed by atoms with van der Waals surface area (Å²) in [6.45, 7) is 1.89. The van der Waals surface area contributed by atoms with Gasteiger partial charge in [-0.3, -0.25) is 4.79 Å². The molecule has 1 aromatic carbocycles. The molecule has 0 saturated heterocycles. The minimum atomic E-state index is -0.221. The molecule has 19 heavy (non-hydrogen) atoms. The molecule has 0 bridgehead atoms. The van der Waals surface area contributed by atoms with Crippen molar-refractivity contribution in [1.29, 1.82) is 0 Å². The number of hydrogen-bond donors (Lipinski definition) is 2. The van der Waals surface area contributed by atoms with Gasteiger partial charge in [0.2, 0.25) is 5.91 Å². The van der Waals surface area contributed by atoms with E-state index >= 15 is 0 Å². The fourth-order valence-electron chi connectivity index (χ4n) is 2.10. The molecular weight excluding hydrogens is 267 g/mol. The van der Waals surface area contributed by atoms with E-state index in [0.717, 1.165) is 12.0 Å². The van der Waals surface area contributed by atoms with Gasteiger partial charge in [0, 0.05) is 24.4 Å². The van der Waals surface area contributed by atoms with Gasteiger partial charge in [-0.15, -0.1) is 12.4 Å². The molecule has 1 fully saturated rings. The second-order valence-corrected chi connectivity index (χ2v) is 5.09. The Balaban J connectivity index is 0.00000180. The minimum Gasteiger partial charge on any atom is -0.353 e. The Morgan fingerprint density at radius 1 is 1.58 bits per heavy atom. The number of benzene rings is 1. The summed E-state index contributed by atoms with van der Waals surface area (Å²) in [5, 5.41) is 2.96. The van der Waals surface area contributed by atoms with Gasteiger partial charge in [0.05, 0.1) is 0 Å². The van der Waals surface area contributed by atoms with Crippen molar-refractivity contribution in [3.8, 4) is 0 Å². The number of amides is 1. The van der Waals surface area contributed by atoms with E-state index in [0.29, 0.717) is 12.8 Å². The molecule has 2 rings (SSSR count). The lowest BCUT2D eigenvalue weighted by atomic mass is 10.1. The Bertz CT molecular complexity index is 439. The van der Waals surface area contributed by atoms with Gasteiger partial charge in [-0.1, -0.05) is 12.1 Å². The van der Waals surface area contributed by atoms with Gasteiger partial charge in [-0.25, -0.2) is 4.39 Å². The minimum absolute atomic E-state index is 0. The number of halogens is 2. The van der Waals surface area contributed by atoms with E-state index in [1.807, 2.05) is 13.0 Å². The van der Waals surface area contributed by atoms with E-state index in [1.54, 1.807) is 12.1 Å². The average Bonchev–Trinajstić information content (AvgIpc) is 3.06. The Hall–Kier alpha value is -1.13. The van der Waals surface area contributed by atoms with Crippen LogP contribution in [0.3, 0.4) is 0 Å². The van der Waals surface area contributed by atoms with Gasteiger partial charge in [0.1, 0.15) is 5.82 Å². The summed E-state index contributed by atoms with van der Waals surface area (Å²) < 4.78 is 13.1. The standard InChI is InChI=1S/C14H19FN2O.ClH/c1-9(16)5-6-14(18)17-13-8-12(13)10-3-2-4-11(15)7-10;/h2-4,7,9,12-13H,5-6,8,16H2,1H3,(H,17,18);1H. The molecule has 3 atom stereocenters. The number of carbonyl (C=O) groups excluding carboxylic acids is 1. The third kappa shape index (κ3) is 4.80. The van der Waals surface area contributed by atoms with Crippen molar-refractivity contribution in [2.24, 2.45) is 5.73 Å². The molecule has 1 saturated carbocycles. The molecule has 106 valence electrons. The number of hydrogen-bond acceptors (Lipinski definition) is 2. The van der Waals surface area contributed by atoms with E-state index < -0.39 is 0 Å². The summed E-state index contributed by atoms with van der Waals surface area (Å²) >= 11 is 0. The first-order valence-corrected chi connectivity index (χ1v) is 6.36. The van der Waals surface area contributed by atoms with Crippen molar-refractivity contribution in [1.82, 2.24) is 5.32 Å². The van der Waals surface area contributed by atoms with Crippen LogP contribution in [0.2, 0.25) is 0 Å². The van der Waals surface area contributed by atoms with E-state index in [9.17, 15) is 9.18 Å². The van der Waals surface area contributed by atoms with Crippen LogP contribution in [0.4, 0.5) is 4.39 Å². The van der Waals surface area contributed by atoms with Crippen LogP contribution < -0.4 is 11.1 Å². The maximum atomic E-state index is 13.1. The largest absolute Gasteiger partial charge is 0.353 e.